The molecule has 2 aliphatic heterocycles. The zero-order valence-corrected chi connectivity index (χ0v) is 15.3. The standard InChI is InChI=1S/C22H21N3O2/c1-14-4-2-3-5-17(14)21-24-22(27-25-21)16-6-7-18-19(13-23-20(18)12-16)15-8-10-26-11-9-15/h2-7,12-13,15,19H,8-11H2,1H3. The number of aromatic nitrogens is 2. The maximum atomic E-state index is 5.53. The van der Waals surface area contributed by atoms with Gasteiger partial charge in [0.05, 0.1) is 5.69 Å². The third-order valence-electron chi connectivity index (χ3n) is 5.60. The highest BCUT2D eigenvalue weighted by Crippen LogP contribution is 2.41. The third kappa shape index (κ3) is 2.98. The molecule has 0 amide bonds. The predicted octanol–water partition coefficient (Wildman–Crippen LogP) is 4.94. The van der Waals surface area contributed by atoms with Gasteiger partial charge in [-0.1, -0.05) is 35.5 Å². The van der Waals surface area contributed by atoms with Crippen molar-refractivity contribution in [1.29, 1.82) is 0 Å². The van der Waals surface area contributed by atoms with Crippen LogP contribution in [0.5, 0.6) is 0 Å². The van der Waals surface area contributed by atoms with E-state index in [1.54, 1.807) is 0 Å². The van der Waals surface area contributed by atoms with Crippen LogP contribution in [0.3, 0.4) is 0 Å². The van der Waals surface area contributed by atoms with Crippen molar-refractivity contribution in [3.05, 3.63) is 53.6 Å². The summed E-state index contributed by atoms with van der Waals surface area (Å²) < 4.78 is 11.0. The summed E-state index contributed by atoms with van der Waals surface area (Å²) in [6, 6.07) is 14.3. The number of nitrogens with zero attached hydrogens (tertiary/aromatic N) is 3. The molecule has 5 heteroatoms. The number of aliphatic imine (C=N–C) groups is 1. The molecular formula is C22H21N3O2. The van der Waals surface area contributed by atoms with Crippen molar-refractivity contribution in [2.75, 3.05) is 13.2 Å². The molecule has 0 aliphatic carbocycles. The molecule has 0 N–H and O–H groups in total. The first kappa shape index (κ1) is 16.4. The third-order valence-corrected chi connectivity index (χ3v) is 5.60. The first-order chi connectivity index (χ1) is 13.3. The predicted molar refractivity (Wildman–Crippen MR) is 104 cm³/mol. The highest BCUT2D eigenvalue weighted by molar-refractivity contribution is 5.83. The summed E-state index contributed by atoms with van der Waals surface area (Å²) in [5.41, 5.74) is 5.34. The van der Waals surface area contributed by atoms with Crippen LogP contribution in [-0.2, 0) is 4.74 Å². The fourth-order valence-corrected chi connectivity index (χ4v) is 4.04. The highest BCUT2D eigenvalue weighted by atomic mass is 16.5. The second-order valence-electron chi connectivity index (χ2n) is 7.27. The Morgan fingerprint density at radius 1 is 1.04 bits per heavy atom. The lowest BCUT2D eigenvalue weighted by atomic mass is 9.82. The van der Waals surface area contributed by atoms with Gasteiger partial charge in [0.2, 0.25) is 5.82 Å². The van der Waals surface area contributed by atoms with Crippen LogP contribution in [0.1, 0.15) is 29.9 Å². The minimum Gasteiger partial charge on any atom is -0.381 e. The molecule has 1 aromatic heterocycles. The Morgan fingerprint density at radius 2 is 1.89 bits per heavy atom. The molecule has 27 heavy (non-hydrogen) atoms. The van der Waals surface area contributed by atoms with Crippen LogP contribution in [-0.4, -0.2) is 29.6 Å². The number of benzene rings is 2. The number of rotatable bonds is 3. The van der Waals surface area contributed by atoms with Crippen molar-refractivity contribution in [2.24, 2.45) is 10.9 Å². The maximum Gasteiger partial charge on any atom is 0.258 e. The van der Waals surface area contributed by atoms with E-state index in [4.69, 9.17) is 9.26 Å². The van der Waals surface area contributed by atoms with E-state index < -0.39 is 0 Å². The minimum absolute atomic E-state index is 0.392. The van der Waals surface area contributed by atoms with Gasteiger partial charge < -0.3 is 9.26 Å². The fraction of sp³-hybridized carbons (Fsp3) is 0.318. The van der Waals surface area contributed by atoms with E-state index in [1.165, 1.54) is 5.56 Å². The quantitative estimate of drug-likeness (QED) is 0.665. The molecule has 2 aliphatic rings. The highest BCUT2D eigenvalue weighted by Gasteiger charge is 2.29. The van der Waals surface area contributed by atoms with Gasteiger partial charge in [-0.05, 0) is 48.9 Å². The van der Waals surface area contributed by atoms with Crippen LogP contribution in [0.4, 0.5) is 5.69 Å². The summed E-state index contributed by atoms with van der Waals surface area (Å²) >= 11 is 0. The molecule has 0 saturated carbocycles. The summed E-state index contributed by atoms with van der Waals surface area (Å²) in [5, 5.41) is 4.17. The van der Waals surface area contributed by atoms with E-state index in [0.717, 1.165) is 48.4 Å². The largest absolute Gasteiger partial charge is 0.381 e. The van der Waals surface area contributed by atoms with E-state index in [9.17, 15) is 0 Å². The maximum absolute atomic E-state index is 5.53. The molecular weight excluding hydrogens is 338 g/mol. The second-order valence-corrected chi connectivity index (χ2v) is 7.27. The van der Waals surface area contributed by atoms with Crippen molar-refractivity contribution in [3.8, 4) is 22.8 Å². The van der Waals surface area contributed by atoms with Gasteiger partial charge in [-0.3, -0.25) is 4.99 Å². The number of hydrogen-bond donors (Lipinski definition) is 0. The first-order valence-electron chi connectivity index (χ1n) is 9.45. The van der Waals surface area contributed by atoms with Gasteiger partial charge in [0.25, 0.3) is 5.89 Å². The molecule has 3 heterocycles. The normalized spacial score (nSPS) is 19.4. The number of hydrogen-bond acceptors (Lipinski definition) is 5. The monoisotopic (exact) mass is 359 g/mol. The molecule has 5 nitrogen and oxygen atoms in total. The number of fused-ring (bicyclic) bond motifs is 1. The fourth-order valence-electron chi connectivity index (χ4n) is 4.04. The molecule has 3 aromatic rings. The minimum atomic E-state index is 0.392. The summed E-state index contributed by atoms with van der Waals surface area (Å²) in [7, 11) is 0. The van der Waals surface area contributed by atoms with Crippen molar-refractivity contribution in [2.45, 2.75) is 25.7 Å². The summed E-state index contributed by atoms with van der Waals surface area (Å²) in [4.78, 5) is 9.27. The zero-order valence-electron chi connectivity index (χ0n) is 15.3. The van der Waals surface area contributed by atoms with Crippen molar-refractivity contribution < 1.29 is 9.26 Å². The van der Waals surface area contributed by atoms with Crippen molar-refractivity contribution in [3.63, 3.8) is 0 Å². The SMILES string of the molecule is Cc1ccccc1-c1noc(-c2ccc3c(c2)N=CC3C2CCOCC2)n1. The Hall–Kier alpha value is -2.79. The lowest BCUT2D eigenvalue weighted by Crippen LogP contribution is -2.21. The van der Waals surface area contributed by atoms with E-state index in [2.05, 4.69) is 39.5 Å². The van der Waals surface area contributed by atoms with E-state index in [1.807, 2.05) is 31.2 Å². The van der Waals surface area contributed by atoms with Crippen LogP contribution < -0.4 is 0 Å². The average Bonchev–Trinajstić information content (AvgIpc) is 3.36. The van der Waals surface area contributed by atoms with E-state index >= 15 is 0 Å². The smallest absolute Gasteiger partial charge is 0.258 e. The molecule has 1 atom stereocenters. The van der Waals surface area contributed by atoms with E-state index in [0.29, 0.717) is 23.6 Å². The van der Waals surface area contributed by atoms with Crippen LogP contribution >= 0.6 is 0 Å². The number of ether oxygens (including phenoxy) is 1. The first-order valence-corrected chi connectivity index (χ1v) is 9.45. The Labute approximate surface area is 158 Å². The summed E-state index contributed by atoms with van der Waals surface area (Å²) in [6.07, 6.45) is 4.29. The van der Waals surface area contributed by atoms with Crippen molar-refractivity contribution in [1.82, 2.24) is 10.1 Å². The second kappa shape index (κ2) is 6.74. The van der Waals surface area contributed by atoms with Crippen LogP contribution in [0.15, 0.2) is 52.0 Å². The van der Waals surface area contributed by atoms with Gasteiger partial charge in [-0.2, -0.15) is 4.98 Å². The summed E-state index contributed by atoms with van der Waals surface area (Å²) in [5.74, 6) is 2.15. The molecule has 0 spiro atoms. The molecule has 136 valence electrons. The molecule has 0 radical (unpaired) electrons. The summed E-state index contributed by atoms with van der Waals surface area (Å²) in [6.45, 7) is 3.75. The Kier molecular flexibility index (Phi) is 4.09. The molecule has 0 bridgehead atoms. The van der Waals surface area contributed by atoms with Crippen molar-refractivity contribution >= 4 is 11.9 Å². The Bertz CT molecular complexity index is 1000. The molecule has 1 fully saturated rings. The molecule has 5 rings (SSSR count). The lowest BCUT2D eigenvalue weighted by molar-refractivity contribution is 0.0645. The van der Waals surface area contributed by atoms with Gasteiger partial charge in [-0.25, -0.2) is 0 Å². The van der Waals surface area contributed by atoms with Crippen LogP contribution in [0.25, 0.3) is 22.8 Å². The van der Waals surface area contributed by atoms with Gasteiger partial charge in [-0.15, -0.1) is 0 Å². The zero-order chi connectivity index (χ0) is 18.2. The molecule has 2 aromatic carbocycles. The van der Waals surface area contributed by atoms with Crippen LogP contribution in [0, 0.1) is 12.8 Å². The van der Waals surface area contributed by atoms with Gasteiger partial charge >= 0.3 is 0 Å². The average molecular weight is 359 g/mol. The van der Waals surface area contributed by atoms with Gasteiger partial charge in [0, 0.05) is 36.5 Å². The molecule has 1 saturated heterocycles. The van der Waals surface area contributed by atoms with Gasteiger partial charge in [0.1, 0.15) is 0 Å². The lowest BCUT2D eigenvalue weighted by Gasteiger charge is -2.26. The Morgan fingerprint density at radius 3 is 2.74 bits per heavy atom. The topological polar surface area (TPSA) is 60.5 Å². The van der Waals surface area contributed by atoms with E-state index in [-0.39, 0.29) is 0 Å². The van der Waals surface area contributed by atoms with Crippen LogP contribution in [0.2, 0.25) is 0 Å². The molecule has 1 unspecified atom stereocenters. The Balaban J connectivity index is 1.43. The number of aryl methyl sites for hydroxylation is 1. The van der Waals surface area contributed by atoms with Gasteiger partial charge in [0.15, 0.2) is 0 Å².